The van der Waals surface area contributed by atoms with E-state index in [9.17, 15) is 9.59 Å². The highest BCUT2D eigenvalue weighted by atomic mass is 35.5. The van der Waals surface area contributed by atoms with Crippen molar-refractivity contribution in [3.8, 4) is 0 Å². The Bertz CT molecular complexity index is 639. The number of hydrogen-bond donors (Lipinski definition) is 2. The summed E-state index contributed by atoms with van der Waals surface area (Å²) in [4.78, 5) is 22.3. The van der Waals surface area contributed by atoms with Crippen LogP contribution in [0.4, 0.5) is 16.2 Å². The standard InChI is InChI=1S/C15H13ClN2O2/c1-10-2-5-13(8-14(10)16)18-15(20)17-12-6-3-11(9-19)4-7-12/h2-9H,1H3,(H2,17,18,20). The molecule has 0 fully saturated rings. The molecule has 2 aromatic rings. The molecular formula is C15H13ClN2O2. The first kappa shape index (κ1) is 14.1. The molecule has 0 aliphatic rings. The van der Waals surface area contributed by atoms with Crippen LogP contribution in [0.5, 0.6) is 0 Å². The van der Waals surface area contributed by atoms with E-state index in [4.69, 9.17) is 11.6 Å². The first-order valence-electron chi connectivity index (χ1n) is 5.98. The molecule has 2 amide bonds. The van der Waals surface area contributed by atoms with E-state index in [1.807, 2.05) is 13.0 Å². The summed E-state index contributed by atoms with van der Waals surface area (Å²) in [6, 6.07) is 11.5. The van der Waals surface area contributed by atoms with Crippen molar-refractivity contribution in [2.75, 3.05) is 10.6 Å². The van der Waals surface area contributed by atoms with E-state index in [1.165, 1.54) is 0 Å². The first-order chi connectivity index (χ1) is 9.58. The normalized spacial score (nSPS) is 9.90. The highest BCUT2D eigenvalue weighted by Crippen LogP contribution is 2.20. The number of anilines is 2. The lowest BCUT2D eigenvalue weighted by molar-refractivity contribution is 0.112. The molecule has 0 aliphatic heterocycles. The van der Waals surface area contributed by atoms with E-state index >= 15 is 0 Å². The SMILES string of the molecule is Cc1ccc(NC(=O)Nc2ccc(C=O)cc2)cc1Cl. The van der Waals surface area contributed by atoms with Gasteiger partial charge in [0.05, 0.1) is 0 Å². The van der Waals surface area contributed by atoms with Crippen molar-refractivity contribution in [1.29, 1.82) is 0 Å². The lowest BCUT2D eigenvalue weighted by Gasteiger charge is -2.08. The maximum absolute atomic E-state index is 11.8. The second kappa shape index (κ2) is 6.21. The van der Waals surface area contributed by atoms with Gasteiger partial charge in [-0.25, -0.2) is 4.79 Å². The second-order valence-electron chi connectivity index (χ2n) is 4.28. The third-order valence-electron chi connectivity index (χ3n) is 2.73. The van der Waals surface area contributed by atoms with Crippen LogP contribution in [-0.2, 0) is 0 Å². The Kier molecular flexibility index (Phi) is 4.38. The molecule has 0 saturated heterocycles. The van der Waals surface area contributed by atoms with Crippen molar-refractivity contribution in [1.82, 2.24) is 0 Å². The number of nitrogens with one attached hydrogen (secondary N) is 2. The Morgan fingerprint density at radius 1 is 1.05 bits per heavy atom. The topological polar surface area (TPSA) is 58.2 Å². The largest absolute Gasteiger partial charge is 0.323 e. The van der Waals surface area contributed by atoms with Crippen molar-refractivity contribution in [3.05, 3.63) is 58.6 Å². The molecule has 0 spiro atoms. The van der Waals surface area contributed by atoms with E-state index in [0.29, 0.717) is 22.0 Å². The fourth-order valence-electron chi connectivity index (χ4n) is 1.61. The van der Waals surface area contributed by atoms with Gasteiger partial charge in [0, 0.05) is 22.0 Å². The predicted octanol–water partition coefficient (Wildman–Crippen LogP) is 4.10. The van der Waals surface area contributed by atoms with Crippen LogP contribution in [0.3, 0.4) is 0 Å². The molecule has 102 valence electrons. The van der Waals surface area contributed by atoms with Gasteiger partial charge in [0.2, 0.25) is 0 Å². The number of urea groups is 1. The van der Waals surface area contributed by atoms with Crippen LogP contribution in [-0.4, -0.2) is 12.3 Å². The molecule has 4 nitrogen and oxygen atoms in total. The Labute approximate surface area is 121 Å². The molecule has 0 radical (unpaired) electrons. The minimum atomic E-state index is -0.372. The molecule has 0 aliphatic carbocycles. The number of benzene rings is 2. The Morgan fingerprint density at radius 2 is 1.65 bits per heavy atom. The van der Waals surface area contributed by atoms with Crippen LogP contribution in [0.2, 0.25) is 5.02 Å². The van der Waals surface area contributed by atoms with Gasteiger partial charge in [-0.15, -0.1) is 0 Å². The monoisotopic (exact) mass is 288 g/mol. The van der Waals surface area contributed by atoms with E-state index < -0.39 is 0 Å². The van der Waals surface area contributed by atoms with Crippen LogP contribution in [0, 0.1) is 6.92 Å². The summed E-state index contributed by atoms with van der Waals surface area (Å²) < 4.78 is 0. The molecule has 0 unspecified atom stereocenters. The molecule has 2 aromatic carbocycles. The molecule has 2 rings (SSSR count). The average molecular weight is 289 g/mol. The van der Waals surface area contributed by atoms with Crippen LogP contribution in [0.25, 0.3) is 0 Å². The quantitative estimate of drug-likeness (QED) is 0.835. The molecule has 0 saturated carbocycles. The van der Waals surface area contributed by atoms with Crippen LogP contribution in [0.15, 0.2) is 42.5 Å². The lowest BCUT2D eigenvalue weighted by atomic mass is 10.2. The fraction of sp³-hybridized carbons (Fsp3) is 0.0667. The summed E-state index contributed by atoms with van der Waals surface area (Å²) in [5.41, 5.74) is 2.72. The molecule has 5 heteroatoms. The second-order valence-corrected chi connectivity index (χ2v) is 4.69. The zero-order valence-corrected chi connectivity index (χ0v) is 11.6. The molecular weight excluding hydrogens is 276 g/mol. The van der Waals surface area contributed by atoms with Crippen molar-refractivity contribution < 1.29 is 9.59 Å². The van der Waals surface area contributed by atoms with Gasteiger partial charge in [-0.2, -0.15) is 0 Å². The third kappa shape index (κ3) is 3.59. The van der Waals surface area contributed by atoms with Crippen molar-refractivity contribution in [2.24, 2.45) is 0 Å². The van der Waals surface area contributed by atoms with Gasteiger partial charge in [-0.3, -0.25) is 4.79 Å². The summed E-state index contributed by atoms with van der Waals surface area (Å²) in [5, 5.41) is 5.95. The molecule has 2 N–H and O–H groups in total. The van der Waals surface area contributed by atoms with E-state index in [0.717, 1.165) is 11.8 Å². The highest BCUT2D eigenvalue weighted by Gasteiger charge is 2.04. The Hall–Kier alpha value is -2.33. The van der Waals surface area contributed by atoms with Crippen molar-refractivity contribution in [2.45, 2.75) is 6.92 Å². The van der Waals surface area contributed by atoms with Crippen molar-refractivity contribution >= 4 is 35.3 Å². The van der Waals surface area contributed by atoms with Gasteiger partial charge in [-0.1, -0.05) is 17.7 Å². The number of amides is 2. The minimum Gasteiger partial charge on any atom is -0.308 e. The van der Waals surface area contributed by atoms with Gasteiger partial charge in [0.1, 0.15) is 6.29 Å². The lowest BCUT2D eigenvalue weighted by Crippen LogP contribution is -2.19. The number of aryl methyl sites for hydroxylation is 1. The number of halogens is 1. The summed E-state index contributed by atoms with van der Waals surface area (Å²) in [7, 11) is 0. The molecule has 0 atom stereocenters. The Morgan fingerprint density at radius 3 is 2.25 bits per heavy atom. The number of carbonyl (C=O) groups is 2. The zero-order chi connectivity index (χ0) is 14.5. The number of carbonyl (C=O) groups excluding carboxylic acids is 2. The molecule has 0 bridgehead atoms. The third-order valence-corrected chi connectivity index (χ3v) is 3.14. The maximum atomic E-state index is 11.8. The van der Waals surface area contributed by atoms with Crippen LogP contribution >= 0.6 is 11.6 Å². The van der Waals surface area contributed by atoms with Gasteiger partial charge < -0.3 is 10.6 Å². The smallest absolute Gasteiger partial charge is 0.308 e. The Balaban J connectivity index is 2.00. The molecule has 0 heterocycles. The molecule has 0 aromatic heterocycles. The highest BCUT2D eigenvalue weighted by molar-refractivity contribution is 6.31. The predicted molar refractivity (Wildman–Crippen MR) is 80.7 cm³/mol. The summed E-state index contributed by atoms with van der Waals surface area (Å²) in [6.07, 6.45) is 0.748. The van der Waals surface area contributed by atoms with Crippen molar-refractivity contribution in [3.63, 3.8) is 0 Å². The zero-order valence-electron chi connectivity index (χ0n) is 10.8. The number of rotatable bonds is 3. The summed E-state index contributed by atoms with van der Waals surface area (Å²) in [5.74, 6) is 0. The average Bonchev–Trinajstić information content (AvgIpc) is 2.44. The number of aldehydes is 1. The van der Waals surface area contributed by atoms with Gasteiger partial charge in [0.25, 0.3) is 0 Å². The van der Waals surface area contributed by atoms with Gasteiger partial charge in [0.15, 0.2) is 0 Å². The van der Waals surface area contributed by atoms with Crippen LogP contribution < -0.4 is 10.6 Å². The first-order valence-corrected chi connectivity index (χ1v) is 6.35. The van der Waals surface area contributed by atoms with E-state index in [2.05, 4.69) is 10.6 Å². The van der Waals surface area contributed by atoms with E-state index in [1.54, 1.807) is 36.4 Å². The van der Waals surface area contributed by atoms with Gasteiger partial charge in [-0.05, 0) is 48.9 Å². The van der Waals surface area contributed by atoms with Gasteiger partial charge >= 0.3 is 6.03 Å². The van der Waals surface area contributed by atoms with E-state index in [-0.39, 0.29) is 6.03 Å². The number of hydrogen-bond acceptors (Lipinski definition) is 2. The minimum absolute atomic E-state index is 0.372. The summed E-state index contributed by atoms with van der Waals surface area (Å²) >= 11 is 5.99. The summed E-state index contributed by atoms with van der Waals surface area (Å²) in [6.45, 7) is 1.89. The molecule has 20 heavy (non-hydrogen) atoms. The van der Waals surface area contributed by atoms with Crippen LogP contribution in [0.1, 0.15) is 15.9 Å². The fourth-order valence-corrected chi connectivity index (χ4v) is 1.79. The maximum Gasteiger partial charge on any atom is 0.323 e.